The maximum atomic E-state index is 13.0. The zero-order chi connectivity index (χ0) is 18.7. The Morgan fingerprint density at radius 2 is 1.96 bits per heavy atom. The Labute approximate surface area is 169 Å². The number of hydrogen-bond acceptors (Lipinski definition) is 2. The van der Waals surface area contributed by atoms with Crippen molar-refractivity contribution >= 4 is 56.4 Å². The van der Waals surface area contributed by atoms with Crippen molar-refractivity contribution in [3.05, 3.63) is 75.1 Å². The van der Waals surface area contributed by atoms with E-state index < -0.39 is 0 Å². The van der Waals surface area contributed by atoms with E-state index in [1.54, 1.807) is 16.8 Å². The van der Waals surface area contributed by atoms with Crippen LogP contribution in [0.5, 0.6) is 0 Å². The summed E-state index contributed by atoms with van der Waals surface area (Å²) in [4.78, 5) is 0. The minimum Gasteiger partial charge on any atom is -0.332 e. The molecule has 0 radical (unpaired) electrons. The first kappa shape index (κ1) is 18.8. The largest absolute Gasteiger partial charge is 0.332 e. The Morgan fingerprint density at radius 1 is 1.23 bits per heavy atom. The Morgan fingerprint density at radius 3 is 2.69 bits per heavy atom. The topological polar surface area (TPSA) is 41.9 Å². The summed E-state index contributed by atoms with van der Waals surface area (Å²) in [6.07, 6.45) is 1.83. The van der Waals surface area contributed by atoms with Gasteiger partial charge in [0.05, 0.1) is 11.0 Å². The van der Waals surface area contributed by atoms with Gasteiger partial charge >= 0.3 is 0 Å². The van der Waals surface area contributed by atoms with Crippen molar-refractivity contribution in [1.29, 1.82) is 0 Å². The lowest BCUT2D eigenvalue weighted by molar-refractivity contribution is 0.624. The number of anilines is 2. The summed E-state index contributed by atoms with van der Waals surface area (Å²) in [5.41, 5.74) is 2.69. The van der Waals surface area contributed by atoms with Gasteiger partial charge in [-0.2, -0.15) is 5.10 Å². The second-order valence-corrected chi connectivity index (χ2v) is 7.31. The molecule has 0 amide bonds. The van der Waals surface area contributed by atoms with E-state index in [1.165, 1.54) is 12.1 Å². The molecule has 0 spiro atoms. The molecular weight excluding hydrogens is 439 g/mol. The number of rotatable bonds is 4. The third-order valence-electron chi connectivity index (χ3n) is 3.72. The van der Waals surface area contributed by atoms with Crippen LogP contribution in [0.4, 0.5) is 15.9 Å². The Bertz CT molecular complexity index is 943. The van der Waals surface area contributed by atoms with Crippen molar-refractivity contribution in [1.82, 2.24) is 9.78 Å². The predicted molar refractivity (Wildman–Crippen MR) is 111 cm³/mol. The fourth-order valence-corrected chi connectivity index (χ4v) is 3.14. The fraction of sp³-hybridized carbons (Fsp3) is 0.111. The van der Waals surface area contributed by atoms with Crippen LogP contribution in [-0.2, 0) is 6.54 Å². The molecule has 0 aliphatic rings. The van der Waals surface area contributed by atoms with E-state index in [2.05, 4.69) is 31.7 Å². The van der Waals surface area contributed by atoms with Gasteiger partial charge in [-0.15, -0.1) is 0 Å². The molecule has 0 atom stereocenters. The molecule has 0 bridgehead atoms. The van der Waals surface area contributed by atoms with Gasteiger partial charge in [-0.3, -0.25) is 4.68 Å². The first-order valence-corrected chi connectivity index (χ1v) is 9.31. The van der Waals surface area contributed by atoms with E-state index >= 15 is 0 Å². The average molecular weight is 454 g/mol. The molecule has 0 fully saturated rings. The normalized spacial score (nSPS) is 10.6. The molecule has 0 aliphatic carbocycles. The highest BCUT2D eigenvalue weighted by Crippen LogP contribution is 2.24. The summed E-state index contributed by atoms with van der Waals surface area (Å²) in [7, 11) is 0. The van der Waals surface area contributed by atoms with E-state index in [-0.39, 0.29) is 5.82 Å². The van der Waals surface area contributed by atoms with Crippen LogP contribution in [0.15, 0.2) is 53.1 Å². The SMILES string of the molecule is Cc1c(Cl)cccc1NC(=S)Nc1nn(Cc2ccc(F)cc2)cc1Br. The molecule has 26 heavy (non-hydrogen) atoms. The maximum Gasteiger partial charge on any atom is 0.176 e. The first-order chi connectivity index (χ1) is 12.4. The molecule has 0 saturated carbocycles. The quantitative estimate of drug-likeness (QED) is 0.504. The fourth-order valence-electron chi connectivity index (χ4n) is 2.34. The zero-order valence-electron chi connectivity index (χ0n) is 13.8. The van der Waals surface area contributed by atoms with E-state index in [1.807, 2.05) is 31.3 Å². The molecule has 4 nitrogen and oxygen atoms in total. The molecule has 1 heterocycles. The number of nitrogens with one attached hydrogen (secondary N) is 2. The second kappa shape index (κ2) is 8.16. The number of aromatic nitrogens is 2. The third kappa shape index (κ3) is 4.60. The van der Waals surface area contributed by atoms with Gasteiger partial charge in [0, 0.05) is 16.9 Å². The van der Waals surface area contributed by atoms with E-state index in [0.717, 1.165) is 21.3 Å². The minimum absolute atomic E-state index is 0.259. The highest BCUT2D eigenvalue weighted by Gasteiger charge is 2.10. The molecule has 1 aromatic heterocycles. The monoisotopic (exact) mass is 452 g/mol. The molecule has 0 aliphatic heterocycles. The summed E-state index contributed by atoms with van der Waals surface area (Å²) in [6, 6.07) is 11.9. The highest BCUT2D eigenvalue weighted by atomic mass is 79.9. The van der Waals surface area contributed by atoms with Gasteiger partial charge in [-0.05, 0) is 70.5 Å². The first-order valence-electron chi connectivity index (χ1n) is 7.73. The van der Waals surface area contributed by atoms with Crippen LogP contribution >= 0.6 is 39.7 Å². The molecule has 2 N–H and O–H groups in total. The van der Waals surface area contributed by atoms with Gasteiger partial charge < -0.3 is 10.6 Å². The van der Waals surface area contributed by atoms with Crippen LogP contribution in [0.3, 0.4) is 0 Å². The second-order valence-electron chi connectivity index (χ2n) is 5.64. The minimum atomic E-state index is -0.259. The van der Waals surface area contributed by atoms with Crippen LogP contribution < -0.4 is 10.6 Å². The third-order valence-corrected chi connectivity index (χ3v) is 4.92. The average Bonchev–Trinajstić information content (AvgIpc) is 2.93. The summed E-state index contributed by atoms with van der Waals surface area (Å²) in [6.45, 7) is 2.44. The number of halogens is 3. The van der Waals surface area contributed by atoms with Gasteiger partial charge in [0.2, 0.25) is 0 Å². The van der Waals surface area contributed by atoms with Crippen LogP contribution in [0.25, 0.3) is 0 Å². The Balaban J connectivity index is 1.68. The highest BCUT2D eigenvalue weighted by molar-refractivity contribution is 9.10. The molecule has 3 aromatic rings. The molecular formula is C18H15BrClFN4S. The zero-order valence-corrected chi connectivity index (χ0v) is 16.9. The molecule has 0 saturated heterocycles. The van der Waals surface area contributed by atoms with Crippen molar-refractivity contribution in [2.75, 3.05) is 10.6 Å². The van der Waals surface area contributed by atoms with Gasteiger partial charge in [0.25, 0.3) is 0 Å². The molecule has 8 heteroatoms. The summed E-state index contributed by atoms with van der Waals surface area (Å²) >= 11 is 14.9. The molecule has 0 unspecified atom stereocenters. The molecule has 2 aromatic carbocycles. The molecule has 3 rings (SSSR count). The van der Waals surface area contributed by atoms with Crippen LogP contribution in [-0.4, -0.2) is 14.9 Å². The number of benzene rings is 2. The standard InChI is InChI=1S/C18H15BrClFN4S/c1-11-15(20)3-2-4-16(11)22-18(26)23-17-14(19)10-25(24-17)9-12-5-7-13(21)8-6-12/h2-8,10H,9H2,1H3,(H2,22,23,24,26). The van der Waals surface area contributed by atoms with Crippen LogP contribution in [0, 0.1) is 12.7 Å². The molecule has 134 valence electrons. The van der Waals surface area contributed by atoms with Crippen LogP contribution in [0.1, 0.15) is 11.1 Å². The van der Waals surface area contributed by atoms with E-state index in [9.17, 15) is 4.39 Å². The van der Waals surface area contributed by atoms with E-state index in [0.29, 0.717) is 22.5 Å². The van der Waals surface area contributed by atoms with Crippen molar-refractivity contribution < 1.29 is 4.39 Å². The van der Waals surface area contributed by atoms with E-state index in [4.69, 9.17) is 23.8 Å². The number of hydrogen-bond donors (Lipinski definition) is 2. The van der Waals surface area contributed by atoms with Gasteiger partial charge in [0.1, 0.15) is 5.82 Å². The maximum absolute atomic E-state index is 13.0. The predicted octanol–water partition coefficient (Wildman–Crippen LogP) is 5.60. The Hall–Kier alpha value is -1.96. The lowest BCUT2D eigenvalue weighted by atomic mass is 10.2. The summed E-state index contributed by atoms with van der Waals surface area (Å²) in [5.74, 6) is 0.328. The van der Waals surface area contributed by atoms with Gasteiger partial charge in [-0.25, -0.2) is 4.39 Å². The lowest BCUT2D eigenvalue weighted by Gasteiger charge is -2.12. The van der Waals surface area contributed by atoms with Crippen molar-refractivity contribution in [2.24, 2.45) is 0 Å². The smallest absolute Gasteiger partial charge is 0.176 e. The summed E-state index contributed by atoms with van der Waals surface area (Å²) in [5, 5.41) is 11.7. The number of nitrogens with zero attached hydrogens (tertiary/aromatic N) is 2. The van der Waals surface area contributed by atoms with Gasteiger partial charge in [-0.1, -0.05) is 29.8 Å². The van der Waals surface area contributed by atoms with Gasteiger partial charge in [0.15, 0.2) is 10.9 Å². The Kier molecular flexibility index (Phi) is 5.90. The lowest BCUT2D eigenvalue weighted by Crippen LogP contribution is -2.20. The van der Waals surface area contributed by atoms with Crippen molar-refractivity contribution in [2.45, 2.75) is 13.5 Å². The van der Waals surface area contributed by atoms with Crippen molar-refractivity contribution in [3.8, 4) is 0 Å². The van der Waals surface area contributed by atoms with Crippen molar-refractivity contribution in [3.63, 3.8) is 0 Å². The number of thiocarbonyl (C=S) groups is 1. The summed E-state index contributed by atoms with van der Waals surface area (Å²) < 4.78 is 15.5. The van der Waals surface area contributed by atoms with Crippen LogP contribution in [0.2, 0.25) is 5.02 Å².